The third kappa shape index (κ3) is 16.1. The van der Waals surface area contributed by atoms with Crippen molar-refractivity contribution in [3.8, 4) is 5.75 Å². The van der Waals surface area contributed by atoms with Crippen LogP contribution in [0.5, 0.6) is 5.75 Å². The number of nitrogens with one attached hydrogen (secondary N) is 6. The van der Waals surface area contributed by atoms with E-state index < -0.39 is 23.5 Å². The summed E-state index contributed by atoms with van der Waals surface area (Å²) in [7, 11) is 1.61. The van der Waals surface area contributed by atoms with Gasteiger partial charge in [0.2, 0.25) is 11.8 Å². The van der Waals surface area contributed by atoms with Gasteiger partial charge in [-0.2, -0.15) is 0 Å². The Labute approximate surface area is 465 Å². The quantitative estimate of drug-likeness (QED) is 0.0437. The summed E-state index contributed by atoms with van der Waals surface area (Å²) in [5.74, 6) is 1.45. The fourth-order valence-electron chi connectivity index (χ4n) is 12.5. The molecule has 2 aromatic heterocycles. The zero-order valence-corrected chi connectivity index (χ0v) is 46.8. The normalized spacial score (nSPS) is 18.3. The summed E-state index contributed by atoms with van der Waals surface area (Å²) in [4.78, 5) is 97.4. The van der Waals surface area contributed by atoms with E-state index in [1.165, 1.54) is 25.7 Å². The van der Waals surface area contributed by atoms with E-state index in [1.807, 2.05) is 55.1 Å². The number of imidazole rings is 2. The predicted molar refractivity (Wildman–Crippen MR) is 299 cm³/mol. The highest BCUT2D eigenvalue weighted by atomic mass is 35.5. The minimum absolute atomic E-state index is 0.102. The number of halogens is 1. The molecule has 0 radical (unpaired) electrons. The molecule has 0 spiro atoms. The lowest BCUT2D eigenvalue weighted by Crippen LogP contribution is -2.56. The third-order valence-electron chi connectivity index (χ3n) is 16.9. The first-order chi connectivity index (χ1) is 37.9. The lowest BCUT2D eigenvalue weighted by atomic mass is 9.61. The topological polar surface area (TPSA) is 233 Å². The SMILES string of the molecule is CCC(=O)C1(C2CCCCC2)CCN(C(=O)C(Cc2ccc(OC)cc2)NC(=O)NCCc2c[nH]cn2)CC1.CCOC(=O)C1(C2CCCCC2)CCN(C(=O)[C@@H](Cc2ccc(Cl)cc2)NC(=O)NCCc2c[nH]cn2)CC1. The summed E-state index contributed by atoms with van der Waals surface area (Å²) in [5.41, 5.74) is 2.69. The molecule has 2 saturated heterocycles. The fourth-order valence-corrected chi connectivity index (χ4v) is 12.6. The Morgan fingerprint density at radius 1 is 0.641 bits per heavy atom. The predicted octanol–water partition coefficient (Wildman–Crippen LogP) is 8.31. The number of urea groups is 2. The maximum absolute atomic E-state index is 13.8. The third-order valence-corrected chi connectivity index (χ3v) is 17.1. The van der Waals surface area contributed by atoms with E-state index in [4.69, 9.17) is 21.1 Å². The van der Waals surface area contributed by atoms with Gasteiger partial charge in [0.25, 0.3) is 0 Å². The molecule has 18 nitrogen and oxygen atoms in total. The Bertz CT molecular complexity index is 2500. The number of carbonyl (C=O) groups excluding carboxylic acids is 6. The van der Waals surface area contributed by atoms with Gasteiger partial charge in [-0.1, -0.05) is 81.3 Å². The molecule has 424 valence electrons. The van der Waals surface area contributed by atoms with Crippen molar-refractivity contribution in [3.05, 3.63) is 101 Å². The number of piperidine rings is 2. The van der Waals surface area contributed by atoms with Crippen LogP contribution in [-0.2, 0) is 49.6 Å². The van der Waals surface area contributed by atoms with Crippen LogP contribution in [0.1, 0.15) is 133 Å². The van der Waals surface area contributed by atoms with E-state index in [0.717, 1.165) is 66.8 Å². The second-order valence-corrected chi connectivity index (χ2v) is 22.0. The maximum atomic E-state index is 13.8. The standard InChI is InChI=1S/C30H43N5O4.C29H40ClN5O4/c1-3-27(36)30(23-7-5-4-6-8-23)14-17-35(18-15-30)28(37)26(19-22-9-11-25(39-2)12-10-22)34-29(38)32-16-13-24-20-31-21-33-24;1-2-39-27(37)29(22-6-4-3-5-7-22)13-16-35(17-14-29)26(36)25(18-21-8-10-23(30)11-9-21)34-28(38)32-15-12-24-19-31-20-33-24/h9-12,20-21,23,26H,3-8,13-19H2,1-2H3,(H,31,33)(H2,32,34,38);8-11,19-20,22,25H,2-7,12-18H2,1H3,(H,31,33)(H2,32,34,38)/t;25-/m.1/s1. The summed E-state index contributed by atoms with van der Waals surface area (Å²) in [6.45, 7) is 6.99. The molecule has 2 saturated carbocycles. The van der Waals surface area contributed by atoms with Gasteiger partial charge in [-0.25, -0.2) is 19.6 Å². The minimum Gasteiger partial charge on any atom is -0.497 e. The summed E-state index contributed by atoms with van der Waals surface area (Å²) >= 11 is 6.06. The zero-order chi connectivity index (χ0) is 55.3. The number of Topliss-reactive ketones (excluding diaryl/α,β-unsaturated/α-hetero) is 1. The lowest BCUT2D eigenvalue weighted by molar-refractivity contribution is -0.166. The number of ether oxygens (including phenoxy) is 2. The molecule has 4 aromatic rings. The van der Waals surface area contributed by atoms with E-state index in [-0.39, 0.29) is 29.2 Å². The Morgan fingerprint density at radius 2 is 1.08 bits per heavy atom. The van der Waals surface area contributed by atoms with Gasteiger partial charge in [-0.05, 0) is 106 Å². The van der Waals surface area contributed by atoms with Crippen molar-refractivity contribution in [1.82, 2.24) is 51.0 Å². The van der Waals surface area contributed by atoms with Crippen molar-refractivity contribution in [1.29, 1.82) is 0 Å². The molecule has 4 fully saturated rings. The molecule has 4 aliphatic rings. The van der Waals surface area contributed by atoms with Crippen molar-refractivity contribution >= 4 is 47.2 Å². The molecular weight excluding hydrogens is 1010 g/mol. The Kier molecular flexibility index (Phi) is 22.4. The number of ketones is 1. The number of aromatic amines is 2. The molecule has 2 aliphatic heterocycles. The van der Waals surface area contributed by atoms with Crippen molar-refractivity contribution in [2.45, 2.75) is 148 Å². The van der Waals surface area contributed by atoms with E-state index in [2.05, 4.69) is 41.2 Å². The number of benzene rings is 2. The summed E-state index contributed by atoms with van der Waals surface area (Å²) in [5, 5.41) is 12.1. The number of esters is 1. The first-order valence-electron chi connectivity index (χ1n) is 28.6. The number of nitrogens with zero attached hydrogens (tertiary/aromatic N) is 4. The van der Waals surface area contributed by atoms with Crippen LogP contribution in [0.25, 0.3) is 0 Å². The smallest absolute Gasteiger partial charge is 0.315 e. The Morgan fingerprint density at radius 3 is 1.49 bits per heavy atom. The van der Waals surface area contributed by atoms with Gasteiger partial charge < -0.3 is 50.5 Å². The van der Waals surface area contributed by atoms with E-state index in [1.54, 1.807) is 49.2 Å². The van der Waals surface area contributed by atoms with Gasteiger partial charge >= 0.3 is 18.0 Å². The van der Waals surface area contributed by atoms with E-state index in [9.17, 15) is 28.8 Å². The average molecular weight is 1100 g/mol. The van der Waals surface area contributed by atoms with Crippen LogP contribution < -0.4 is 26.0 Å². The molecule has 6 N–H and O–H groups in total. The molecule has 6 amide bonds. The number of likely N-dealkylation sites (tertiary alicyclic amines) is 2. The zero-order valence-electron chi connectivity index (χ0n) is 46.1. The summed E-state index contributed by atoms with van der Waals surface area (Å²) < 4.78 is 10.8. The molecular formula is C59H83ClN10O8. The molecule has 19 heteroatoms. The van der Waals surface area contributed by atoms with Crippen LogP contribution in [0.3, 0.4) is 0 Å². The number of H-pyrrole nitrogens is 2. The van der Waals surface area contributed by atoms with Crippen LogP contribution in [-0.4, -0.2) is 130 Å². The number of aromatic nitrogens is 4. The lowest BCUT2D eigenvalue weighted by Gasteiger charge is -2.47. The van der Waals surface area contributed by atoms with Crippen molar-refractivity contribution < 1.29 is 38.2 Å². The molecule has 8 rings (SSSR count). The number of amides is 6. The molecule has 1 unspecified atom stereocenters. The number of methoxy groups -OCH3 is 1. The Balaban J connectivity index is 0.000000226. The highest BCUT2D eigenvalue weighted by molar-refractivity contribution is 6.30. The van der Waals surface area contributed by atoms with Crippen LogP contribution >= 0.6 is 11.6 Å². The van der Waals surface area contributed by atoms with Crippen molar-refractivity contribution in [2.75, 3.05) is 53.0 Å². The first-order valence-corrected chi connectivity index (χ1v) is 28.9. The van der Waals surface area contributed by atoms with Gasteiger partial charge in [-0.3, -0.25) is 19.2 Å². The van der Waals surface area contributed by atoms with Crippen molar-refractivity contribution in [2.24, 2.45) is 22.7 Å². The molecule has 4 heterocycles. The van der Waals surface area contributed by atoms with Crippen LogP contribution in [0.4, 0.5) is 9.59 Å². The molecule has 2 aliphatic carbocycles. The van der Waals surface area contributed by atoms with E-state index in [0.29, 0.717) is 126 Å². The number of hydrogen-bond donors (Lipinski definition) is 6. The van der Waals surface area contributed by atoms with Gasteiger partial charge in [0, 0.05) is 94.2 Å². The van der Waals surface area contributed by atoms with Crippen molar-refractivity contribution in [3.63, 3.8) is 0 Å². The van der Waals surface area contributed by atoms with Crippen LogP contribution in [0.2, 0.25) is 5.02 Å². The number of carbonyl (C=O) groups is 6. The molecule has 2 atom stereocenters. The van der Waals surface area contributed by atoms with Gasteiger partial charge in [0.15, 0.2) is 0 Å². The maximum Gasteiger partial charge on any atom is 0.315 e. The van der Waals surface area contributed by atoms with Crippen LogP contribution in [0.15, 0.2) is 73.6 Å². The summed E-state index contributed by atoms with van der Waals surface area (Å²) in [6, 6.07) is 12.6. The molecule has 78 heavy (non-hydrogen) atoms. The largest absolute Gasteiger partial charge is 0.497 e. The highest BCUT2D eigenvalue weighted by Crippen LogP contribution is 2.48. The number of rotatable bonds is 21. The second-order valence-electron chi connectivity index (χ2n) is 21.5. The second kappa shape index (κ2) is 29.5. The van der Waals surface area contributed by atoms with Gasteiger partial charge in [0.1, 0.15) is 23.6 Å². The molecule has 0 bridgehead atoms. The minimum atomic E-state index is -0.749. The van der Waals surface area contributed by atoms with Gasteiger partial charge in [-0.15, -0.1) is 0 Å². The number of hydrogen-bond acceptors (Lipinski definition) is 10. The highest BCUT2D eigenvalue weighted by Gasteiger charge is 2.50. The molecule has 2 aromatic carbocycles. The Hall–Kier alpha value is -6.43. The fraction of sp³-hybridized carbons (Fsp3) is 0.593. The average Bonchev–Trinajstić information content (AvgIpc) is 4.28. The van der Waals surface area contributed by atoms with E-state index >= 15 is 0 Å². The van der Waals surface area contributed by atoms with Crippen LogP contribution in [0, 0.1) is 22.7 Å². The summed E-state index contributed by atoms with van der Waals surface area (Å²) in [6.07, 6.45) is 23.2. The van der Waals surface area contributed by atoms with Gasteiger partial charge in [0.05, 0.1) is 43.2 Å². The first kappa shape index (κ1) is 59.2. The monoisotopic (exact) mass is 1090 g/mol.